The first-order valence-corrected chi connectivity index (χ1v) is 6.44. The molecule has 0 saturated carbocycles. The standard InChI is InChI=1S/C14H14O3S/c1-8-4-9(2)13(17-3)10(5-8)11-6-18-7-12(11)14(15)16/h4-7H,1-3H3,(H,15,16). The van der Waals surface area contributed by atoms with Crippen molar-refractivity contribution in [1.82, 2.24) is 0 Å². The van der Waals surface area contributed by atoms with Gasteiger partial charge in [0.05, 0.1) is 12.7 Å². The molecule has 0 radical (unpaired) electrons. The van der Waals surface area contributed by atoms with Crippen LogP contribution in [-0.2, 0) is 0 Å². The fourth-order valence-electron chi connectivity index (χ4n) is 2.10. The van der Waals surface area contributed by atoms with Crippen LogP contribution in [0.1, 0.15) is 21.5 Å². The Labute approximate surface area is 110 Å². The molecule has 0 atom stereocenters. The molecule has 0 unspecified atom stereocenters. The quantitative estimate of drug-likeness (QED) is 0.916. The average Bonchev–Trinajstić information content (AvgIpc) is 2.76. The first kappa shape index (κ1) is 12.6. The predicted molar refractivity (Wildman–Crippen MR) is 72.7 cm³/mol. The zero-order chi connectivity index (χ0) is 13.3. The van der Waals surface area contributed by atoms with E-state index in [4.69, 9.17) is 4.74 Å². The van der Waals surface area contributed by atoms with Gasteiger partial charge >= 0.3 is 5.97 Å². The SMILES string of the molecule is COc1c(C)cc(C)cc1-c1cscc1C(=O)O. The van der Waals surface area contributed by atoms with Crippen LogP contribution < -0.4 is 4.74 Å². The second-order valence-electron chi connectivity index (χ2n) is 4.17. The van der Waals surface area contributed by atoms with Gasteiger partial charge in [0.2, 0.25) is 0 Å². The fourth-order valence-corrected chi connectivity index (χ4v) is 2.92. The zero-order valence-electron chi connectivity index (χ0n) is 10.5. The predicted octanol–water partition coefficient (Wildman–Crippen LogP) is 3.74. The molecule has 0 aliphatic carbocycles. The summed E-state index contributed by atoms with van der Waals surface area (Å²) in [6.45, 7) is 3.95. The first-order chi connectivity index (χ1) is 8.54. The van der Waals surface area contributed by atoms with Crippen LogP contribution in [0.25, 0.3) is 11.1 Å². The largest absolute Gasteiger partial charge is 0.496 e. The molecule has 0 amide bonds. The summed E-state index contributed by atoms with van der Waals surface area (Å²) < 4.78 is 5.40. The topological polar surface area (TPSA) is 46.5 Å². The number of hydrogen-bond acceptors (Lipinski definition) is 3. The molecular formula is C14H14O3S. The van der Waals surface area contributed by atoms with Crippen molar-refractivity contribution < 1.29 is 14.6 Å². The summed E-state index contributed by atoms with van der Waals surface area (Å²) in [5, 5.41) is 12.7. The minimum Gasteiger partial charge on any atom is -0.496 e. The smallest absolute Gasteiger partial charge is 0.337 e. The Hall–Kier alpha value is -1.81. The molecule has 3 nitrogen and oxygen atoms in total. The van der Waals surface area contributed by atoms with Gasteiger partial charge in [0.1, 0.15) is 5.75 Å². The summed E-state index contributed by atoms with van der Waals surface area (Å²) in [6.07, 6.45) is 0. The number of benzene rings is 1. The van der Waals surface area contributed by atoms with Crippen molar-refractivity contribution in [2.24, 2.45) is 0 Å². The highest BCUT2D eigenvalue weighted by Crippen LogP contribution is 2.37. The summed E-state index contributed by atoms with van der Waals surface area (Å²) in [5.74, 6) is -0.172. The van der Waals surface area contributed by atoms with Crippen LogP contribution in [0.2, 0.25) is 0 Å². The van der Waals surface area contributed by atoms with Crippen molar-refractivity contribution in [2.75, 3.05) is 7.11 Å². The summed E-state index contributed by atoms with van der Waals surface area (Å²) in [6, 6.07) is 3.98. The van der Waals surface area contributed by atoms with E-state index in [1.54, 1.807) is 12.5 Å². The third-order valence-corrected chi connectivity index (χ3v) is 3.55. The van der Waals surface area contributed by atoms with Crippen LogP contribution in [0, 0.1) is 13.8 Å². The Bertz CT molecular complexity index is 599. The Kier molecular flexibility index (Phi) is 3.39. The van der Waals surface area contributed by atoms with Gasteiger partial charge in [-0.1, -0.05) is 6.07 Å². The summed E-state index contributed by atoms with van der Waals surface area (Å²) in [7, 11) is 1.61. The van der Waals surface area contributed by atoms with E-state index in [1.807, 2.05) is 31.4 Å². The summed E-state index contributed by atoms with van der Waals surface area (Å²) in [5.41, 5.74) is 3.98. The van der Waals surface area contributed by atoms with E-state index in [2.05, 4.69) is 0 Å². The second kappa shape index (κ2) is 4.82. The Morgan fingerprint density at radius 1 is 1.22 bits per heavy atom. The molecule has 0 aliphatic rings. The molecule has 0 aliphatic heterocycles. The van der Waals surface area contributed by atoms with Crippen molar-refractivity contribution in [3.8, 4) is 16.9 Å². The molecule has 1 N–H and O–H groups in total. The van der Waals surface area contributed by atoms with Gasteiger partial charge in [-0.25, -0.2) is 4.79 Å². The Morgan fingerprint density at radius 2 is 1.94 bits per heavy atom. The number of ether oxygens (including phenoxy) is 1. The van der Waals surface area contributed by atoms with Crippen molar-refractivity contribution in [1.29, 1.82) is 0 Å². The molecule has 0 bridgehead atoms. The van der Waals surface area contributed by atoms with Crippen LogP contribution in [0.4, 0.5) is 0 Å². The lowest BCUT2D eigenvalue weighted by molar-refractivity contribution is 0.0698. The third kappa shape index (κ3) is 2.11. The summed E-state index contributed by atoms with van der Waals surface area (Å²) in [4.78, 5) is 11.2. The Balaban J connectivity index is 2.70. The van der Waals surface area contributed by atoms with Crippen LogP contribution in [-0.4, -0.2) is 18.2 Å². The highest BCUT2D eigenvalue weighted by Gasteiger charge is 2.17. The van der Waals surface area contributed by atoms with E-state index in [0.717, 1.165) is 28.0 Å². The Morgan fingerprint density at radius 3 is 2.56 bits per heavy atom. The summed E-state index contributed by atoms with van der Waals surface area (Å²) >= 11 is 1.38. The number of thiophene rings is 1. The molecule has 1 aromatic carbocycles. The molecule has 18 heavy (non-hydrogen) atoms. The number of carbonyl (C=O) groups is 1. The minimum atomic E-state index is -0.910. The van der Waals surface area contributed by atoms with Crippen molar-refractivity contribution in [3.05, 3.63) is 39.6 Å². The number of carboxylic acids is 1. The molecule has 0 spiro atoms. The molecule has 1 aromatic heterocycles. The molecule has 2 rings (SSSR count). The molecule has 4 heteroatoms. The van der Waals surface area contributed by atoms with E-state index in [-0.39, 0.29) is 0 Å². The highest BCUT2D eigenvalue weighted by molar-refractivity contribution is 7.08. The maximum absolute atomic E-state index is 11.2. The monoisotopic (exact) mass is 262 g/mol. The molecular weight excluding hydrogens is 248 g/mol. The maximum atomic E-state index is 11.2. The average molecular weight is 262 g/mol. The van der Waals surface area contributed by atoms with E-state index < -0.39 is 5.97 Å². The lowest BCUT2D eigenvalue weighted by Gasteiger charge is -2.12. The lowest BCUT2D eigenvalue weighted by Crippen LogP contribution is -1.98. The third-order valence-electron chi connectivity index (χ3n) is 2.81. The van der Waals surface area contributed by atoms with Gasteiger partial charge < -0.3 is 9.84 Å². The molecule has 2 aromatic rings. The zero-order valence-corrected chi connectivity index (χ0v) is 11.3. The van der Waals surface area contributed by atoms with Gasteiger partial charge in [0, 0.05) is 16.5 Å². The van der Waals surface area contributed by atoms with Crippen LogP contribution in [0.5, 0.6) is 5.75 Å². The molecule has 0 fully saturated rings. The van der Waals surface area contributed by atoms with E-state index in [1.165, 1.54) is 11.3 Å². The van der Waals surface area contributed by atoms with Crippen LogP contribution in [0.15, 0.2) is 22.9 Å². The number of rotatable bonds is 3. The van der Waals surface area contributed by atoms with Gasteiger partial charge in [0.15, 0.2) is 0 Å². The van der Waals surface area contributed by atoms with E-state index in [9.17, 15) is 9.90 Å². The van der Waals surface area contributed by atoms with Gasteiger partial charge in [-0.15, -0.1) is 0 Å². The van der Waals surface area contributed by atoms with E-state index >= 15 is 0 Å². The van der Waals surface area contributed by atoms with Gasteiger partial charge in [-0.3, -0.25) is 0 Å². The number of methoxy groups -OCH3 is 1. The second-order valence-corrected chi connectivity index (χ2v) is 4.91. The molecule has 0 saturated heterocycles. The first-order valence-electron chi connectivity index (χ1n) is 5.49. The fraction of sp³-hybridized carbons (Fsp3) is 0.214. The molecule has 94 valence electrons. The minimum absolute atomic E-state index is 0.323. The maximum Gasteiger partial charge on any atom is 0.337 e. The van der Waals surface area contributed by atoms with Crippen LogP contribution >= 0.6 is 11.3 Å². The number of aromatic carboxylic acids is 1. The van der Waals surface area contributed by atoms with Crippen molar-refractivity contribution in [3.63, 3.8) is 0 Å². The van der Waals surface area contributed by atoms with Crippen molar-refractivity contribution >= 4 is 17.3 Å². The van der Waals surface area contributed by atoms with Crippen molar-refractivity contribution in [2.45, 2.75) is 13.8 Å². The van der Waals surface area contributed by atoms with Gasteiger partial charge in [-0.2, -0.15) is 11.3 Å². The van der Waals surface area contributed by atoms with E-state index in [0.29, 0.717) is 5.56 Å². The number of hydrogen-bond donors (Lipinski definition) is 1. The van der Waals surface area contributed by atoms with Crippen LogP contribution in [0.3, 0.4) is 0 Å². The highest BCUT2D eigenvalue weighted by atomic mass is 32.1. The number of carboxylic acid groups (broad SMARTS) is 1. The molecule has 1 heterocycles. The van der Waals surface area contributed by atoms with Gasteiger partial charge in [0.25, 0.3) is 0 Å². The lowest BCUT2D eigenvalue weighted by atomic mass is 9.98. The van der Waals surface area contributed by atoms with Gasteiger partial charge in [-0.05, 0) is 36.4 Å². The number of aryl methyl sites for hydroxylation is 2. The normalized spacial score (nSPS) is 10.4.